The number of aliphatic hydroxyl groups is 1. The van der Waals surface area contributed by atoms with Crippen molar-refractivity contribution in [3.8, 4) is 5.75 Å². The first kappa shape index (κ1) is 17.5. The van der Waals surface area contributed by atoms with Gasteiger partial charge in [0.05, 0.1) is 12.7 Å². The molecule has 2 heterocycles. The highest BCUT2D eigenvalue weighted by Gasteiger charge is 2.32. The highest BCUT2D eigenvalue weighted by Crippen LogP contribution is 2.24. The average Bonchev–Trinajstić information content (AvgIpc) is 2.67. The van der Waals surface area contributed by atoms with Crippen LogP contribution >= 0.6 is 0 Å². The van der Waals surface area contributed by atoms with E-state index in [2.05, 4.69) is 0 Å². The van der Waals surface area contributed by atoms with E-state index in [1.807, 2.05) is 19.0 Å². The maximum absolute atomic E-state index is 12.5. The Kier molecular flexibility index (Phi) is 5.43. The van der Waals surface area contributed by atoms with Crippen molar-refractivity contribution in [1.82, 2.24) is 9.80 Å². The molecule has 0 spiro atoms. The van der Waals surface area contributed by atoms with Crippen LogP contribution in [0.2, 0.25) is 0 Å². The Bertz CT molecular complexity index is 613. The van der Waals surface area contributed by atoms with Crippen molar-refractivity contribution < 1.29 is 19.1 Å². The van der Waals surface area contributed by atoms with Gasteiger partial charge in [0, 0.05) is 25.7 Å². The number of amides is 1. The van der Waals surface area contributed by atoms with Gasteiger partial charge in [0.15, 0.2) is 5.76 Å². The molecule has 1 saturated heterocycles. The maximum atomic E-state index is 12.5. The highest BCUT2D eigenvalue weighted by atomic mass is 16.5. The number of likely N-dealkylation sites (tertiary alicyclic amines) is 1. The topological polar surface area (TPSA) is 83.2 Å². The van der Waals surface area contributed by atoms with Crippen LogP contribution in [-0.2, 0) is 0 Å². The van der Waals surface area contributed by atoms with Gasteiger partial charge in [0.1, 0.15) is 6.26 Å². The molecule has 0 aliphatic carbocycles. The van der Waals surface area contributed by atoms with Crippen LogP contribution in [0.25, 0.3) is 0 Å². The summed E-state index contributed by atoms with van der Waals surface area (Å²) in [5.74, 6) is -0.273. The van der Waals surface area contributed by atoms with Crippen molar-refractivity contribution in [2.24, 2.45) is 0 Å². The fourth-order valence-electron chi connectivity index (χ4n) is 2.94. The van der Waals surface area contributed by atoms with Crippen LogP contribution in [0.5, 0.6) is 5.75 Å². The molecule has 7 nitrogen and oxygen atoms in total. The number of rotatable bonds is 4. The molecule has 0 radical (unpaired) electrons. The van der Waals surface area contributed by atoms with Crippen molar-refractivity contribution in [2.45, 2.75) is 24.9 Å². The molecule has 0 saturated carbocycles. The molecule has 0 aromatic carbocycles. The molecule has 1 fully saturated rings. The van der Waals surface area contributed by atoms with Gasteiger partial charge in [-0.25, -0.2) is 0 Å². The molecule has 1 aromatic heterocycles. The number of nitrogens with zero attached hydrogens (tertiary/aromatic N) is 2. The smallest absolute Gasteiger partial charge is 0.289 e. The lowest BCUT2D eigenvalue weighted by molar-refractivity contribution is 0.00296. The molecule has 1 unspecified atom stereocenters. The first-order valence-corrected chi connectivity index (χ1v) is 7.68. The standard InChI is InChI=1S/C16H24N2O5/c1-17(2)11-16(21)5-4-7-18(8-6-16)15(20)13-9-12(19)14(22-3)10-23-13/h9-10,21H,4-8,11H2,1-3H3. The number of ether oxygens (including phenoxy) is 1. The van der Waals surface area contributed by atoms with Crippen molar-refractivity contribution in [3.63, 3.8) is 0 Å². The minimum atomic E-state index is -0.792. The summed E-state index contributed by atoms with van der Waals surface area (Å²) in [5.41, 5.74) is -1.18. The van der Waals surface area contributed by atoms with Crippen LogP contribution in [0, 0.1) is 0 Å². The van der Waals surface area contributed by atoms with E-state index in [-0.39, 0.29) is 22.8 Å². The van der Waals surface area contributed by atoms with E-state index in [0.717, 1.165) is 12.3 Å². The Hall–Kier alpha value is -1.86. The monoisotopic (exact) mass is 324 g/mol. The Labute approximate surface area is 135 Å². The Morgan fingerprint density at radius 3 is 2.78 bits per heavy atom. The number of hydrogen-bond acceptors (Lipinski definition) is 6. The van der Waals surface area contributed by atoms with Gasteiger partial charge in [0.25, 0.3) is 5.91 Å². The van der Waals surface area contributed by atoms with Crippen LogP contribution in [0.1, 0.15) is 29.8 Å². The molecule has 1 aliphatic heterocycles. The fraction of sp³-hybridized carbons (Fsp3) is 0.625. The van der Waals surface area contributed by atoms with Gasteiger partial charge in [-0.1, -0.05) is 0 Å². The van der Waals surface area contributed by atoms with E-state index >= 15 is 0 Å². The van der Waals surface area contributed by atoms with E-state index in [0.29, 0.717) is 38.9 Å². The number of hydrogen-bond donors (Lipinski definition) is 1. The zero-order valence-corrected chi connectivity index (χ0v) is 13.9. The molecule has 1 aromatic rings. The molecule has 7 heteroatoms. The fourth-order valence-corrected chi connectivity index (χ4v) is 2.94. The lowest BCUT2D eigenvalue weighted by atomic mass is 9.94. The van der Waals surface area contributed by atoms with Crippen molar-refractivity contribution in [3.05, 3.63) is 28.3 Å². The molecule has 1 amide bonds. The highest BCUT2D eigenvalue weighted by molar-refractivity contribution is 5.91. The Balaban J connectivity index is 2.09. The number of carbonyl (C=O) groups is 1. The third-order valence-corrected chi connectivity index (χ3v) is 4.04. The SMILES string of the molecule is COc1coc(C(=O)N2CCCC(O)(CN(C)C)CC2)cc1=O. The van der Waals surface area contributed by atoms with Gasteiger partial charge in [-0.2, -0.15) is 0 Å². The average molecular weight is 324 g/mol. The molecule has 2 rings (SSSR count). The maximum Gasteiger partial charge on any atom is 0.289 e. The lowest BCUT2D eigenvalue weighted by Gasteiger charge is -2.29. The molecule has 0 bridgehead atoms. The Morgan fingerprint density at radius 2 is 2.17 bits per heavy atom. The van der Waals surface area contributed by atoms with Crippen molar-refractivity contribution >= 4 is 5.91 Å². The van der Waals surface area contributed by atoms with Gasteiger partial charge >= 0.3 is 0 Å². The van der Waals surface area contributed by atoms with Crippen LogP contribution in [0.4, 0.5) is 0 Å². The molecule has 1 aliphatic rings. The predicted molar refractivity (Wildman–Crippen MR) is 84.8 cm³/mol. The third kappa shape index (κ3) is 4.33. The first-order valence-electron chi connectivity index (χ1n) is 7.68. The van der Waals surface area contributed by atoms with E-state index in [1.54, 1.807) is 4.90 Å². The van der Waals surface area contributed by atoms with E-state index in [1.165, 1.54) is 7.11 Å². The van der Waals surface area contributed by atoms with Gasteiger partial charge in [-0.3, -0.25) is 9.59 Å². The zero-order chi connectivity index (χ0) is 17.0. The third-order valence-electron chi connectivity index (χ3n) is 4.04. The van der Waals surface area contributed by atoms with Crippen LogP contribution in [0.3, 0.4) is 0 Å². The predicted octanol–water partition coefficient (Wildman–Crippen LogP) is 0.567. The molecular formula is C16H24N2O5. The molecule has 23 heavy (non-hydrogen) atoms. The number of carbonyl (C=O) groups excluding carboxylic acids is 1. The molecule has 128 valence electrons. The zero-order valence-electron chi connectivity index (χ0n) is 13.9. The summed E-state index contributed by atoms with van der Waals surface area (Å²) in [6.45, 7) is 1.52. The summed E-state index contributed by atoms with van der Waals surface area (Å²) in [5, 5.41) is 10.6. The summed E-state index contributed by atoms with van der Waals surface area (Å²) < 4.78 is 10.1. The second-order valence-corrected chi connectivity index (χ2v) is 6.28. The van der Waals surface area contributed by atoms with E-state index in [4.69, 9.17) is 9.15 Å². The van der Waals surface area contributed by atoms with Crippen molar-refractivity contribution in [2.75, 3.05) is 40.8 Å². The largest absolute Gasteiger partial charge is 0.490 e. The van der Waals surface area contributed by atoms with E-state index in [9.17, 15) is 14.7 Å². The molecule has 1 N–H and O–H groups in total. The summed E-state index contributed by atoms with van der Waals surface area (Å²) in [6, 6.07) is 1.15. The van der Waals surface area contributed by atoms with Crippen LogP contribution in [-0.4, -0.2) is 67.3 Å². The summed E-state index contributed by atoms with van der Waals surface area (Å²) in [7, 11) is 5.20. The van der Waals surface area contributed by atoms with Crippen molar-refractivity contribution in [1.29, 1.82) is 0 Å². The van der Waals surface area contributed by atoms with Gasteiger partial charge in [-0.15, -0.1) is 0 Å². The summed E-state index contributed by atoms with van der Waals surface area (Å²) in [4.78, 5) is 27.8. The summed E-state index contributed by atoms with van der Waals surface area (Å²) in [6.07, 6.45) is 2.99. The molecule has 1 atom stereocenters. The van der Waals surface area contributed by atoms with Crippen LogP contribution < -0.4 is 10.2 Å². The Morgan fingerprint density at radius 1 is 1.43 bits per heavy atom. The lowest BCUT2D eigenvalue weighted by Crippen LogP contribution is -2.41. The molecular weight excluding hydrogens is 300 g/mol. The van der Waals surface area contributed by atoms with Crippen LogP contribution in [0.15, 0.2) is 21.5 Å². The second kappa shape index (κ2) is 7.14. The number of methoxy groups -OCH3 is 1. The second-order valence-electron chi connectivity index (χ2n) is 6.28. The minimum Gasteiger partial charge on any atom is -0.490 e. The quantitative estimate of drug-likeness (QED) is 0.872. The van der Waals surface area contributed by atoms with Gasteiger partial charge < -0.3 is 24.1 Å². The van der Waals surface area contributed by atoms with Gasteiger partial charge in [-0.05, 0) is 33.4 Å². The van der Waals surface area contributed by atoms with Gasteiger partial charge in [0.2, 0.25) is 11.2 Å². The van der Waals surface area contributed by atoms with E-state index < -0.39 is 5.60 Å². The first-order chi connectivity index (χ1) is 10.8. The number of likely N-dealkylation sites (N-methyl/N-ethyl adjacent to an activating group) is 1. The minimum absolute atomic E-state index is 0.00570. The normalized spacial score (nSPS) is 22.0. The summed E-state index contributed by atoms with van der Waals surface area (Å²) >= 11 is 0.